The maximum Gasteiger partial charge on any atom is 0.141 e. The second-order valence-corrected chi connectivity index (χ2v) is 6.68. The second kappa shape index (κ2) is 6.44. The highest BCUT2D eigenvalue weighted by Gasteiger charge is 2.39. The molecule has 1 N–H and O–H groups in total. The Kier molecular flexibility index (Phi) is 4.60. The molecule has 118 valence electrons. The first-order chi connectivity index (χ1) is 10.3. The van der Waals surface area contributed by atoms with E-state index >= 15 is 0 Å². The molecule has 1 aliphatic carbocycles. The quantitative estimate of drug-likeness (QED) is 0.923. The van der Waals surface area contributed by atoms with Gasteiger partial charge in [0, 0.05) is 31.2 Å². The van der Waals surface area contributed by atoms with Crippen LogP contribution in [0.3, 0.4) is 0 Å². The molecule has 2 heterocycles. The number of rotatable bonds is 4. The van der Waals surface area contributed by atoms with Crippen molar-refractivity contribution < 1.29 is 0 Å². The lowest BCUT2D eigenvalue weighted by atomic mass is 9.79. The molecular weight excluding hydrogens is 262 g/mol. The number of aromatic nitrogens is 3. The molecule has 1 aromatic heterocycles. The highest BCUT2D eigenvalue weighted by molar-refractivity contribution is 5.01. The van der Waals surface area contributed by atoms with Gasteiger partial charge in [0.05, 0.1) is 6.54 Å². The minimum absolute atomic E-state index is 0.362. The van der Waals surface area contributed by atoms with Gasteiger partial charge in [-0.25, -0.2) is 9.67 Å². The average Bonchev–Trinajstić information content (AvgIpc) is 2.96. The fraction of sp³-hybridized carbons (Fsp3) is 0.875. The third-order valence-electron chi connectivity index (χ3n) is 5.36. The van der Waals surface area contributed by atoms with Crippen molar-refractivity contribution in [3.63, 3.8) is 0 Å². The van der Waals surface area contributed by atoms with Crippen molar-refractivity contribution in [1.82, 2.24) is 25.0 Å². The topological polar surface area (TPSA) is 46.0 Å². The van der Waals surface area contributed by atoms with Crippen molar-refractivity contribution in [3.05, 3.63) is 12.2 Å². The Balaban J connectivity index is 1.73. The Morgan fingerprint density at radius 1 is 1.29 bits per heavy atom. The Hall–Kier alpha value is -0.940. The summed E-state index contributed by atoms with van der Waals surface area (Å²) in [6, 6.07) is 0.625. The molecule has 1 atom stereocenters. The lowest BCUT2D eigenvalue weighted by molar-refractivity contribution is 0.0457. The van der Waals surface area contributed by atoms with E-state index < -0.39 is 0 Å². The van der Waals surface area contributed by atoms with Crippen LogP contribution in [0.5, 0.6) is 0 Å². The maximum atomic E-state index is 4.47. The SMILES string of the molecule is CCC1CNC2(CCCCC2)CN1Cc1ncnn1CC. The van der Waals surface area contributed by atoms with E-state index in [2.05, 4.69) is 34.1 Å². The lowest BCUT2D eigenvalue weighted by Gasteiger charge is -2.49. The van der Waals surface area contributed by atoms with Gasteiger partial charge in [0.15, 0.2) is 0 Å². The Morgan fingerprint density at radius 3 is 2.81 bits per heavy atom. The van der Waals surface area contributed by atoms with Crippen molar-refractivity contribution in [2.24, 2.45) is 0 Å². The van der Waals surface area contributed by atoms with Gasteiger partial charge < -0.3 is 5.32 Å². The number of nitrogens with zero attached hydrogens (tertiary/aromatic N) is 4. The Labute approximate surface area is 128 Å². The van der Waals surface area contributed by atoms with Crippen molar-refractivity contribution in [2.75, 3.05) is 13.1 Å². The standard InChI is InChI=1S/C16H29N5/c1-3-14-10-18-16(8-6-5-7-9-16)12-20(14)11-15-17-13-19-21(15)4-2/h13-14,18H,3-12H2,1-2H3. The second-order valence-electron chi connectivity index (χ2n) is 6.68. The van der Waals surface area contributed by atoms with Crippen molar-refractivity contribution >= 4 is 0 Å². The zero-order valence-corrected chi connectivity index (χ0v) is 13.5. The van der Waals surface area contributed by atoms with E-state index in [9.17, 15) is 0 Å². The first-order valence-corrected chi connectivity index (χ1v) is 8.62. The van der Waals surface area contributed by atoms with Gasteiger partial charge in [-0.15, -0.1) is 0 Å². The average molecular weight is 291 g/mol. The van der Waals surface area contributed by atoms with Gasteiger partial charge >= 0.3 is 0 Å². The molecule has 1 aliphatic heterocycles. The van der Waals surface area contributed by atoms with Crippen LogP contribution in [0.4, 0.5) is 0 Å². The largest absolute Gasteiger partial charge is 0.308 e. The van der Waals surface area contributed by atoms with Crippen LogP contribution in [-0.4, -0.2) is 44.3 Å². The summed E-state index contributed by atoms with van der Waals surface area (Å²) in [6.07, 6.45) is 9.72. The summed E-state index contributed by atoms with van der Waals surface area (Å²) in [7, 11) is 0. The minimum atomic E-state index is 0.362. The molecule has 1 saturated carbocycles. The van der Waals surface area contributed by atoms with E-state index in [4.69, 9.17) is 0 Å². The fourth-order valence-electron chi connectivity index (χ4n) is 4.04. The Bertz CT molecular complexity index is 449. The van der Waals surface area contributed by atoms with E-state index in [1.807, 2.05) is 4.68 Å². The minimum Gasteiger partial charge on any atom is -0.308 e. The number of hydrogen-bond donors (Lipinski definition) is 1. The molecule has 1 saturated heterocycles. The highest BCUT2D eigenvalue weighted by atomic mass is 15.4. The molecule has 5 nitrogen and oxygen atoms in total. The number of piperazine rings is 1. The van der Waals surface area contributed by atoms with Crippen LogP contribution in [0.2, 0.25) is 0 Å². The smallest absolute Gasteiger partial charge is 0.141 e. The lowest BCUT2D eigenvalue weighted by Crippen LogP contribution is -2.64. The van der Waals surface area contributed by atoms with Gasteiger partial charge in [0.2, 0.25) is 0 Å². The third kappa shape index (κ3) is 3.14. The van der Waals surface area contributed by atoms with Gasteiger partial charge in [-0.05, 0) is 26.2 Å². The third-order valence-corrected chi connectivity index (χ3v) is 5.36. The van der Waals surface area contributed by atoms with Crippen molar-refractivity contribution in [3.8, 4) is 0 Å². The molecule has 1 aromatic rings. The van der Waals surface area contributed by atoms with Crippen LogP contribution in [0, 0.1) is 0 Å². The summed E-state index contributed by atoms with van der Waals surface area (Å²) in [5, 5.41) is 8.21. The summed E-state index contributed by atoms with van der Waals surface area (Å²) < 4.78 is 2.03. The van der Waals surface area contributed by atoms with Gasteiger partial charge in [0.25, 0.3) is 0 Å². The van der Waals surface area contributed by atoms with E-state index in [-0.39, 0.29) is 0 Å². The Morgan fingerprint density at radius 2 is 2.10 bits per heavy atom. The molecule has 2 fully saturated rings. The zero-order chi connectivity index (χ0) is 14.7. The molecule has 0 radical (unpaired) electrons. The van der Waals surface area contributed by atoms with Crippen LogP contribution in [0.1, 0.15) is 58.2 Å². The van der Waals surface area contributed by atoms with Gasteiger partial charge in [-0.1, -0.05) is 26.2 Å². The summed E-state index contributed by atoms with van der Waals surface area (Å²) >= 11 is 0. The monoisotopic (exact) mass is 291 g/mol. The van der Waals surface area contributed by atoms with Gasteiger partial charge in [0.1, 0.15) is 12.2 Å². The van der Waals surface area contributed by atoms with Crippen LogP contribution >= 0.6 is 0 Å². The van der Waals surface area contributed by atoms with E-state index in [1.54, 1.807) is 6.33 Å². The first kappa shape index (κ1) is 15.0. The van der Waals surface area contributed by atoms with Crippen LogP contribution in [-0.2, 0) is 13.1 Å². The van der Waals surface area contributed by atoms with Gasteiger partial charge in [-0.2, -0.15) is 5.10 Å². The molecule has 0 aromatic carbocycles. The normalized spacial score (nSPS) is 26.3. The highest BCUT2D eigenvalue weighted by Crippen LogP contribution is 2.32. The number of hydrogen-bond acceptors (Lipinski definition) is 4. The van der Waals surface area contributed by atoms with Crippen molar-refractivity contribution in [1.29, 1.82) is 0 Å². The molecule has 21 heavy (non-hydrogen) atoms. The summed E-state index contributed by atoms with van der Waals surface area (Å²) in [5.41, 5.74) is 0.362. The molecule has 1 spiro atoms. The van der Waals surface area contributed by atoms with Crippen LogP contribution in [0.25, 0.3) is 0 Å². The molecule has 2 aliphatic rings. The van der Waals surface area contributed by atoms with Crippen LogP contribution < -0.4 is 5.32 Å². The first-order valence-electron chi connectivity index (χ1n) is 8.62. The number of aryl methyl sites for hydroxylation is 1. The molecule has 1 unspecified atom stereocenters. The predicted molar refractivity (Wildman–Crippen MR) is 84.0 cm³/mol. The summed E-state index contributed by atoms with van der Waals surface area (Å²) in [5.74, 6) is 1.11. The molecule has 0 amide bonds. The van der Waals surface area contributed by atoms with Crippen LogP contribution in [0.15, 0.2) is 6.33 Å². The molecule has 0 bridgehead atoms. The van der Waals surface area contributed by atoms with Gasteiger partial charge in [-0.3, -0.25) is 4.90 Å². The molecular formula is C16H29N5. The molecule has 5 heteroatoms. The predicted octanol–water partition coefficient (Wildman–Crippen LogP) is 2.18. The fourth-order valence-corrected chi connectivity index (χ4v) is 4.04. The molecule has 3 rings (SSSR count). The zero-order valence-electron chi connectivity index (χ0n) is 13.5. The van der Waals surface area contributed by atoms with E-state index in [0.29, 0.717) is 11.6 Å². The van der Waals surface area contributed by atoms with E-state index in [0.717, 1.165) is 25.5 Å². The summed E-state index contributed by atoms with van der Waals surface area (Å²) in [4.78, 5) is 7.12. The van der Waals surface area contributed by atoms with E-state index in [1.165, 1.54) is 45.1 Å². The summed E-state index contributed by atoms with van der Waals surface area (Å²) in [6.45, 7) is 8.57. The number of nitrogens with one attached hydrogen (secondary N) is 1. The maximum absolute atomic E-state index is 4.47. The van der Waals surface area contributed by atoms with Crippen molar-refractivity contribution in [2.45, 2.75) is 77.0 Å².